The maximum Gasteiger partial charge on any atom is 0.0867 e. The SMILES string of the molecule is Cc1c(/C(=N\CN)c2ccccc2)sc2ccccc12. The highest BCUT2D eigenvalue weighted by Crippen LogP contribution is 2.32. The lowest BCUT2D eigenvalue weighted by atomic mass is 10.0. The van der Waals surface area contributed by atoms with Gasteiger partial charge in [0.25, 0.3) is 0 Å². The molecule has 2 aromatic carbocycles. The quantitative estimate of drug-likeness (QED) is 0.724. The lowest BCUT2D eigenvalue weighted by Gasteiger charge is -2.06. The van der Waals surface area contributed by atoms with Crippen LogP contribution in [0.4, 0.5) is 0 Å². The smallest absolute Gasteiger partial charge is 0.0867 e. The molecule has 3 heteroatoms. The monoisotopic (exact) mass is 280 g/mol. The van der Waals surface area contributed by atoms with E-state index in [4.69, 9.17) is 5.73 Å². The first-order valence-electron chi connectivity index (χ1n) is 6.59. The predicted octanol–water partition coefficient (Wildman–Crippen LogP) is 3.96. The van der Waals surface area contributed by atoms with Gasteiger partial charge in [-0.25, -0.2) is 0 Å². The molecule has 0 saturated carbocycles. The van der Waals surface area contributed by atoms with Gasteiger partial charge in [0.15, 0.2) is 0 Å². The van der Waals surface area contributed by atoms with Crippen molar-refractivity contribution in [1.82, 2.24) is 0 Å². The molecule has 0 aliphatic heterocycles. The second-order valence-corrected chi connectivity index (χ2v) is 5.66. The maximum absolute atomic E-state index is 5.67. The number of nitrogens with zero attached hydrogens (tertiary/aromatic N) is 1. The summed E-state index contributed by atoms with van der Waals surface area (Å²) in [5.74, 6) is 0. The summed E-state index contributed by atoms with van der Waals surface area (Å²) < 4.78 is 1.29. The summed E-state index contributed by atoms with van der Waals surface area (Å²) in [6.45, 7) is 2.46. The highest BCUT2D eigenvalue weighted by Gasteiger charge is 2.14. The van der Waals surface area contributed by atoms with Crippen LogP contribution < -0.4 is 5.73 Å². The Hall–Kier alpha value is -1.97. The number of thiophene rings is 1. The third-order valence-electron chi connectivity index (χ3n) is 3.36. The summed E-state index contributed by atoms with van der Waals surface area (Å²) in [4.78, 5) is 5.74. The topological polar surface area (TPSA) is 38.4 Å². The molecule has 0 amide bonds. The molecule has 20 heavy (non-hydrogen) atoms. The minimum atomic E-state index is 0.303. The van der Waals surface area contributed by atoms with Gasteiger partial charge in [-0.15, -0.1) is 11.3 Å². The average molecular weight is 280 g/mol. The Labute approximate surface area is 122 Å². The molecule has 0 bridgehead atoms. The first kappa shape index (κ1) is 13.0. The van der Waals surface area contributed by atoms with Crippen LogP contribution >= 0.6 is 11.3 Å². The molecule has 1 aromatic heterocycles. The first-order valence-corrected chi connectivity index (χ1v) is 7.41. The minimum absolute atomic E-state index is 0.303. The van der Waals surface area contributed by atoms with Gasteiger partial charge >= 0.3 is 0 Å². The van der Waals surface area contributed by atoms with Gasteiger partial charge in [-0.3, -0.25) is 4.99 Å². The van der Waals surface area contributed by atoms with Gasteiger partial charge in [0.2, 0.25) is 0 Å². The minimum Gasteiger partial charge on any atom is -0.312 e. The van der Waals surface area contributed by atoms with Gasteiger partial charge in [0, 0.05) is 10.3 Å². The van der Waals surface area contributed by atoms with E-state index in [1.165, 1.54) is 20.5 Å². The van der Waals surface area contributed by atoms with Crippen molar-refractivity contribution < 1.29 is 0 Å². The number of hydrogen-bond donors (Lipinski definition) is 1. The van der Waals surface area contributed by atoms with E-state index in [1.807, 2.05) is 18.2 Å². The van der Waals surface area contributed by atoms with Crippen molar-refractivity contribution in [1.29, 1.82) is 0 Å². The van der Waals surface area contributed by atoms with Crippen LogP contribution in [0.3, 0.4) is 0 Å². The molecule has 100 valence electrons. The highest BCUT2D eigenvalue weighted by molar-refractivity contribution is 7.21. The van der Waals surface area contributed by atoms with Crippen LogP contribution in [0.1, 0.15) is 16.0 Å². The molecule has 1 heterocycles. The van der Waals surface area contributed by atoms with E-state index in [2.05, 4.69) is 48.3 Å². The molecule has 2 nitrogen and oxygen atoms in total. The second kappa shape index (κ2) is 5.57. The molecule has 0 aliphatic carbocycles. The summed E-state index contributed by atoms with van der Waals surface area (Å²) in [5, 5.41) is 1.30. The Kier molecular flexibility index (Phi) is 3.63. The van der Waals surface area contributed by atoms with Crippen molar-refractivity contribution in [2.45, 2.75) is 6.92 Å². The number of aryl methyl sites for hydroxylation is 1. The Morgan fingerprint density at radius 3 is 2.45 bits per heavy atom. The zero-order valence-electron chi connectivity index (χ0n) is 11.3. The van der Waals surface area contributed by atoms with Gasteiger partial charge in [0.1, 0.15) is 0 Å². The van der Waals surface area contributed by atoms with Crippen LogP contribution in [0, 0.1) is 6.92 Å². The lowest BCUT2D eigenvalue weighted by Crippen LogP contribution is -2.07. The first-order chi connectivity index (χ1) is 9.81. The van der Waals surface area contributed by atoms with Gasteiger partial charge in [0.05, 0.1) is 17.3 Å². The molecule has 0 radical (unpaired) electrons. The van der Waals surface area contributed by atoms with E-state index in [1.54, 1.807) is 11.3 Å². The third-order valence-corrected chi connectivity index (χ3v) is 4.63. The van der Waals surface area contributed by atoms with E-state index in [-0.39, 0.29) is 0 Å². The standard InChI is InChI=1S/C17H16N2S/c1-12-14-9-5-6-10-15(14)20-17(12)16(19-11-18)13-7-3-2-4-8-13/h2-10H,11,18H2,1H3/b19-16-. The number of rotatable bonds is 3. The van der Waals surface area contributed by atoms with Crippen LogP contribution in [0.5, 0.6) is 0 Å². The fourth-order valence-corrected chi connectivity index (χ4v) is 3.62. The summed E-state index contributed by atoms with van der Waals surface area (Å²) >= 11 is 1.78. The molecule has 3 rings (SSSR count). The van der Waals surface area contributed by atoms with Crippen molar-refractivity contribution in [2.75, 3.05) is 6.67 Å². The Bertz CT molecular complexity index is 757. The normalized spacial score (nSPS) is 12.0. The number of fused-ring (bicyclic) bond motifs is 1. The van der Waals surface area contributed by atoms with Crippen LogP contribution in [0.15, 0.2) is 59.6 Å². The van der Waals surface area contributed by atoms with Gasteiger partial charge < -0.3 is 5.73 Å². The zero-order valence-corrected chi connectivity index (χ0v) is 12.2. The van der Waals surface area contributed by atoms with Crippen molar-refractivity contribution >= 4 is 27.1 Å². The van der Waals surface area contributed by atoms with E-state index in [9.17, 15) is 0 Å². The summed E-state index contributed by atoms with van der Waals surface area (Å²) in [5.41, 5.74) is 9.06. The van der Waals surface area contributed by atoms with Gasteiger partial charge in [-0.2, -0.15) is 0 Å². The summed E-state index contributed by atoms with van der Waals surface area (Å²) in [6, 6.07) is 18.7. The van der Waals surface area contributed by atoms with E-state index in [0.717, 1.165) is 11.3 Å². The Morgan fingerprint density at radius 1 is 1.05 bits per heavy atom. The lowest BCUT2D eigenvalue weighted by molar-refractivity contribution is 1.07. The van der Waals surface area contributed by atoms with Crippen molar-refractivity contribution in [3.05, 3.63) is 70.6 Å². The van der Waals surface area contributed by atoms with Gasteiger partial charge in [-0.05, 0) is 23.9 Å². The van der Waals surface area contributed by atoms with Crippen molar-refractivity contribution in [2.24, 2.45) is 10.7 Å². The molecular formula is C17H16N2S. The molecular weight excluding hydrogens is 264 g/mol. The third kappa shape index (κ3) is 2.26. The number of benzene rings is 2. The number of aliphatic imine (C=N–C) groups is 1. The van der Waals surface area contributed by atoms with Crippen molar-refractivity contribution in [3.8, 4) is 0 Å². The van der Waals surface area contributed by atoms with Crippen LogP contribution in [0.2, 0.25) is 0 Å². The van der Waals surface area contributed by atoms with E-state index >= 15 is 0 Å². The zero-order chi connectivity index (χ0) is 13.9. The van der Waals surface area contributed by atoms with E-state index < -0.39 is 0 Å². The van der Waals surface area contributed by atoms with Crippen LogP contribution in [-0.4, -0.2) is 12.4 Å². The van der Waals surface area contributed by atoms with Crippen LogP contribution in [-0.2, 0) is 0 Å². The molecule has 0 aliphatic rings. The summed E-state index contributed by atoms with van der Waals surface area (Å²) in [6.07, 6.45) is 0. The maximum atomic E-state index is 5.67. The average Bonchev–Trinajstić information content (AvgIpc) is 2.83. The molecule has 2 N–H and O–H groups in total. The Balaban J connectivity index is 2.21. The van der Waals surface area contributed by atoms with Crippen LogP contribution in [0.25, 0.3) is 10.1 Å². The number of hydrogen-bond acceptors (Lipinski definition) is 3. The molecule has 0 atom stereocenters. The summed E-state index contributed by atoms with van der Waals surface area (Å²) in [7, 11) is 0. The fourth-order valence-electron chi connectivity index (χ4n) is 2.38. The molecule has 0 saturated heterocycles. The molecule has 0 fully saturated rings. The van der Waals surface area contributed by atoms with Crippen molar-refractivity contribution in [3.63, 3.8) is 0 Å². The molecule has 0 spiro atoms. The second-order valence-electron chi connectivity index (χ2n) is 4.61. The fraction of sp³-hybridized carbons (Fsp3) is 0.118. The Morgan fingerprint density at radius 2 is 1.75 bits per heavy atom. The largest absolute Gasteiger partial charge is 0.312 e. The van der Waals surface area contributed by atoms with Gasteiger partial charge in [-0.1, -0.05) is 48.5 Å². The number of nitrogens with two attached hydrogens (primary N) is 1. The highest BCUT2D eigenvalue weighted by atomic mass is 32.1. The molecule has 0 unspecified atom stereocenters. The predicted molar refractivity (Wildman–Crippen MR) is 87.7 cm³/mol. The molecule has 3 aromatic rings. The van der Waals surface area contributed by atoms with E-state index in [0.29, 0.717) is 6.67 Å².